The molecule has 0 bridgehead atoms. The Morgan fingerprint density at radius 1 is 1.07 bits per heavy atom. The van der Waals surface area contributed by atoms with E-state index in [1.165, 1.54) is 19.3 Å². The number of rotatable bonds is 0. The van der Waals surface area contributed by atoms with Gasteiger partial charge in [-0.1, -0.05) is 19.3 Å². The SMILES string of the molecule is [C-]1=CC=CCCCC1.[Co+2].c1cc[cH-]c1. The zero-order valence-corrected chi connectivity index (χ0v) is 9.32. The largest absolute Gasteiger partial charge is 2.00 e. The van der Waals surface area contributed by atoms with Gasteiger partial charge < -0.3 is 0 Å². The summed E-state index contributed by atoms with van der Waals surface area (Å²) in [6.07, 6.45) is 14.5. The van der Waals surface area contributed by atoms with Crippen molar-refractivity contribution in [3.05, 3.63) is 54.6 Å². The van der Waals surface area contributed by atoms with Crippen molar-refractivity contribution in [2.24, 2.45) is 0 Å². The molecule has 0 nitrogen and oxygen atoms in total. The van der Waals surface area contributed by atoms with Gasteiger partial charge in [-0.05, 0) is 0 Å². The van der Waals surface area contributed by atoms with Crippen molar-refractivity contribution in [2.45, 2.75) is 25.7 Å². The predicted octanol–water partition coefficient (Wildman–Crippen LogP) is 3.88. The van der Waals surface area contributed by atoms with Crippen molar-refractivity contribution >= 4 is 0 Å². The standard InChI is InChI=1S/C8H11.C5H5.Co/c1-2-4-6-8-7-5-3-1;1-2-4-5-3-1;/h1-3H,4,6-8H2;1-5H;/q2*-1;+2. The van der Waals surface area contributed by atoms with Gasteiger partial charge in [0.05, 0.1) is 0 Å². The summed E-state index contributed by atoms with van der Waals surface area (Å²) in [6, 6.07) is 10.0. The first-order valence-electron chi connectivity index (χ1n) is 4.88. The number of hydrogen-bond donors (Lipinski definition) is 0. The van der Waals surface area contributed by atoms with Crippen LogP contribution in [0.15, 0.2) is 48.6 Å². The van der Waals surface area contributed by atoms with Crippen LogP contribution in [0.1, 0.15) is 25.7 Å². The van der Waals surface area contributed by atoms with Gasteiger partial charge in [0.15, 0.2) is 0 Å². The molecule has 0 spiro atoms. The molecule has 0 N–H and O–H groups in total. The van der Waals surface area contributed by atoms with Gasteiger partial charge in [0, 0.05) is 0 Å². The second-order valence-corrected chi connectivity index (χ2v) is 3.01. The molecule has 77 valence electrons. The molecule has 1 aromatic carbocycles. The summed E-state index contributed by atoms with van der Waals surface area (Å²) in [6.45, 7) is 0. The van der Waals surface area contributed by atoms with Gasteiger partial charge in [0.25, 0.3) is 0 Å². The molecule has 0 saturated carbocycles. The van der Waals surface area contributed by atoms with Gasteiger partial charge in [-0.3, -0.25) is 6.08 Å². The Kier molecular flexibility index (Phi) is 9.92. The van der Waals surface area contributed by atoms with Crippen LogP contribution in [0.3, 0.4) is 0 Å². The minimum Gasteiger partial charge on any atom is -0.275 e. The van der Waals surface area contributed by atoms with E-state index in [4.69, 9.17) is 0 Å². The third kappa shape index (κ3) is 7.96. The molecular formula is C13H16Co. The molecule has 0 amide bonds. The van der Waals surface area contributed by atoms with E-state index in [0.717, 1.165) is 6.42 Å². The summed E-state index contributed by atoms with van der Waals surface area (Å²) in [5, 5.41) is 0. The van der Waals surface area contributed by atoms with Crippen molar-refractivity contribution in [2.75, 3.05) is 0 Å². The van der Waals surface area contributed by atoms with Crippen LogP contribution in [-0.4, -0.2) is 0 Å². The first-order valence-corrected chi connectivity index (χ1v) is 4.88. The Hall–Kier alpha value is -0.664. The summed E-state index contributed by atoms with van der Waals surface area (Å²) in [5.41, 5.74) is 0. The fraction of sp³-hybridized carbons (Fsp3) is 0.308. The van der Waals surface area contributed by atoms with E-state index in [0.29, 0.717) is 0 Å². The van der Waals surface area contributed by atoms with E-state index in [2.05, 4.69) is 18.2 Å². The van der Waals surface area contributed by atoms with Crippen LogP contribution in [0.4, 0.5) is 0 Å². The summed E-state index contributed by atoms with van der Waals surface area (Å²) < 4.78 is 0. The quantitative estimate of drug-likeness (QED) is 0.594. The van der Waals surface area contributed by atoms with Gasteiger partial charge in [0.1, 0.15) is 0 Å². The summed E-state index contributed by atoms with van der Waals surface area (Å²) in [7, 11) is 0. The molecule has 14 heavy (non-hydrogen) atoms. The first kappa shape index (κ1) is 13.3. The van der Waals surface area contributed by atoms with E-state index < -0.39 is 0 Å². The zero-order valence-electron chi connectivity index (χ0n) is 8.28. The van der Waals surface area contributed by atoms with Crippen molar-refractivity contribution < 1.29 is 16.8 Å². The van der Waals surface area contributed by atoms with E-state index in [-0.39, 0.29) is 16.8 Å². The van der Waals surface area contributed by atoms with E-state index >= 15 is 0 Å². The molecule has 0 unspecified atom stereocenters. The van der Waals surface area contributed by atoms with Crippen LogP contribution in [0.25, 0.3) is 0 Å². The molecule has 1 radical (unpaired) electrons. The van der Waals surface area contributed by atoms with Crippen molar-refractivity contribution in [3.8, 4) is 0 Å². The van der Waals surface area contributed by atoms with Crippen molar-refractivity contribution in [1.29, 1.82) is 0 Å². The van der Waals surface area contributed by atoms with Gasteiger partial charge in [-0.2, -0.15) is 24.3 Å². The number of hydrogen-bond acceptors (Lipinski definition) is 0. The summed E-state index contributed by atoms with van der Waals surface area (Å²) >= 11 is 0. The third-order valence-electron chi connectivity index (χ3n) is 1.85. The van der Waals surface area contributed by atoms with Gasteiger partial charge in [0.2, 0.25) is 0 Å². The molecule has 0 fully saturated rings. The fourth-order valence-corrected chi connectivity index (χ4v) is 1.13. The predicted molar refractivity (Wildman–Crippen MR) is 57.5 cm³/mol. The summed E-state index contributed by atoms with van der Waals surface area (Å²) in [4.78, 5) is 0. The van der Waals surface area contributed by atoms with Crippen LogP contribution >= 0.6 is 0 Å². The van der Waals surface area contributed by atoms with E-state index in [1.807, 2.05) is 36.4 Å². The third-order valence-corrected chi connectivity index (χ3v) is 1.85. The second-order valence-electron chi connectivity index (χ2n) is 3.01. The van der Waals surface area contributed by atoms with E-state index in [9.17, 15) is 0 Å². The Morgan fingerprint density at radius 2 is 1.86 bits per heavy atom. The normalized spacial score (nSPS) is 14.3. The average molecular weight is 231 g/mol. The summed E-state index contributed by atoms with van der Waals surface area (Å²) in [5.74, 6) is 0. The molecule has 0 saturated heterocycles. The van der Waals surface area contributed by atoms with Crippen molar-refractivity contribution in [3.63, 3.8) is 0 Å². The van der Waals surface area contributed by atoms with Crippen molar-refractivity contribution in [1.82, 2.24) is 0 Å². The van der Waals surface area contributed by atoms with Crippen LogP contribution in [0.5, 0.6) is 0 Å². The maximum Gasteiger partial charge on any atom is 2.00 e. The molecule has 1 aromatic rings. The average Bonchev–Trinajstić information content (AvgIpc) is 2.58. The minimum absolute atomic E-state index is 0. The Labute approximate surface area is 97.3 Å². The van der Waals surface area contributed by atoms with Gasteiger partial charge >= 0.3 is 16.8 Å². The second kappa shape index (κ2) is 10.4. The van der Waals surface area contributed by atoms with Crippen LogP contribution < -0.4 is 0 Å². The Balaban J connectivity index is 0.000000246. The smallest absolute Gasteiger partial charge is 0.275 e. The van der Waals surface area contributed by atoms with Gasteiger partial charge in [-0.15, -0.1) is 6.42 Å². The monoisotopic (exact) mass is 231 g/mol. The molecule has 1 aliphatic carbocycles. The molecule has 1 aliphatic rings. The van der Waals surface area contributed by atoms with Crippen LogP contribution in [0, 0.1) is 6.08 Å². The molecule has 0 aromatic heterocycles. The van der Waals surface area contributed by atoms with E-state index in [1.54, 1.807) is 0 Å². The molecule has 2 rings (SSSR count). The molecule has 1 heteroatoms. The molecule has 0 atom stereocenters. The molecular weight excluding hydrogens is 215 g/mol. The zero-order chi connectivity index (χ0) is 9.19. The van der Waals surface area contributed by atoms with Crippen LogP contribution in [0.2, 0.25) is 0 Å². The fourth-order valence-electron chi connectivity index (χ4n) is 1.13. The Morgan fingerprint density at radius 3 is 2.50 bits per heavy atom. The molecule has 0 aliphatic heterocycles. The van der Waals surface area contributed by atoms with Gasteiger partial charge in [-0.25, -0.2) is 24.3 Å². The Bertz CT molecular complexity index is 201. The topological polar surface area (TPSA) is 0 Å². The van der Waals surface area contributed by atoms with Crippen LogP contribution in [-0.2, 0) is 16.8 Å². The maximum atomic E-state index is 3.18. The minimum atomic E-state index is 0. The number of allylic oxidation sites excluding steroid dienone is 4. The molecule has 0 heterocycles. The maximum absolute atomic E-state index is 3.18. The first-order chi connectivity index (χ1) is 6.50.